The van der Waals surface area contributed by atoms with Crippen LogP contribution < -0.4 is 15.8 Å². The van der Waals surface area contributed by atoms with E-state index in [4.69, 9.17) is 22.7 Å². The van der Waals surface area contributed by atoms with E-state index in [9.17, 15) is 4.79 Å². The van der Waals surface area contributed by atoms with Gasteiger partial charge < -0.3 is 15.8 Å². The standard InChI is InChI=1S/C13H18N2O2S/c1-3-10(12(14)18)13(16)15-8-9-6-4-5-7-11(9)17-2/h4-7,10H,3,8H2,1-2H3,(H2,14,18)(H,15,16). The van der Waals surface area contributed by atoms with Gasteiger partial charge in [-0.25, -0.2) is 0 Å². The van der Waals surface area contributed by atoms with Crippen LogP contribution in [0.1, 0.15) is 18.9 Å². The summed E-state index contributed by atoms with van der Waals surface area (Å²) in [6.07, 6.45) is 0.604. The van der Waals surface area contributed by atoms with E-state index in [-0.39, 0.29) is 10.9 Å². The Labute approximate surface area is 113 Å². The number of rotatable bonds is 6. The topological polar surface area (TPSA) is 64.3 Å². The van der Waals surface area contributed by atoms with Crippen LogP contribution >= 0.6 is 12.2 Å². The molecule has 98 valence electrons. The second-order valence-corrected chi connectivity index (χ2v) is 4.36. The molecule has 0 aliphatic rings. The van der Waals surface area contributed by atoms with Gasteiger partial charge in [0.1, 0.15) is 5.75 Å². The Morgan fingerprint density at radius 1 is 1.50 bits per heavy atom. The fourth-order valence-electron chi connectivity index (χ4n) is 1.67. The van der Waals surface area contributed by atoms with E-state index in [2.05, 4.69) is 5.32 Å². The Balaban J connectivity index is 2.64. The summed E-state index contributed by atoms with van der Waals surface area (Å²) in [6, 6.07) is 7.54. The first-order valence-corrected chi connectivity index (χ1v) is 6.19. The number of carbonyl (C=O) groups is 1. The second kappa shape index (κ2) is 6.96. The lowest BCUT2D eigenvalue weighted by molar-refractivity contribution is -0.123. The number of thiocarbonyl (C=S) groups is 1. The predicted octanol–water partition coefficient (Wildman–Crippen LogP) is 1.62. The molecule has 1 aromatic rings. The van der Waals surface area contributed by atoms with Gasteiger partial charge in [-0.05, 0) is 12.5 Å². The first-order chi connectivity index (χ1) is 8.60. The highest BCUT2D eigenvalue weighted by Crippen LogP contribution is 2.17. The lowest BCUT2D eigenvalue weighted by Crippen LogP contribution is -2.37. The first kappa shape index (κ1) is 14.4. The molecule has 18 heavy (non-hydrogen) atoms. The molecule has 0 fully saturated rings. The van der Waals surface area contributed by atoms with Crippen molar-refractivity contribution >= 4 is 23.1 Å². The third-order valence-corrected chi connectivity index (χ3v) is 3.00. The Bertz CT molecular complexity index is 435. The van der Waals surface area contributed by atoms with Crippen LogP contribution in [0, 0.1) is 5.92 Å². The zero-order chi connectivity index (χ0) is 13.5. The molecule has 1 rings (SSSR count). The van der Waals surface area contributed by atoms with Gasteiger partial charge in [-0.15, -0.1) is 0 Å². The molecule has 3 N–H and O–H groups in total. The molecule has 4 nitrogen and oxygen atoms in total. The summed E-state index contributed by atoms with van der Waals surface area (Å²) >= 11 is 4.86. The summed E-state index contributed by atoms with van der Waals surface area (Å²) in [7, 11) is 1.60. The first-order valence-electron chi connectivity index (χ1n) is 5.79. The number of amides is 1. The Morgan fingerprint density at radius 2 is 2.17 bits per heavy atom. The molecule has 0 saturated heterocycles. The lowest BCUT2D eigenvalue weighted by Gasteiger charge is -2.14. The molecule has 1 aromatic carbocycles. The van der Waals surface area contributed by atoms with E-state index < -0.39 is 5.92 Å². The van der Waals surface area contributed by atoms with Gasteiger partial charge in [0.15, 0.2) is 0 Å². The van der Waals surface area contributed by atoms with Gasteiger partial charge in [0.2, 0.25) is 5.91 Å². The Hall–Kier alpha value is -1.62. The van der Waals surface area contributed by atoms with Crippen LogP contribution in [0.3, 0.4) is 0 Å². The molecule has 0 heterocycles. The van der Waals surface area contributed by atoms with Gasteiger partial charge in [0.25, 0.3) is 0 Å². The predicted molar refractivity (Wildman–Crippen MR) is 75.4 cm³/mol. The molecule has 5 heteroatoms. The smallest absolute Gasteiger partial charge is 0.230 e. The number of benzene rings is 1. The van der Waals surface area contributed by atoms with Crippen LogP contribution in [0.4, 0.5) is 0 Å². The number of para-hydroxylation sites is 1. The number of ether oxygens (including phenoxy) is 1. The van der Waals surface area contributed by atoms with Gasteiger partial charge >= 0.3 is 0 Å². The lowest BCUT2D eigenvalue weighted by atomic mass is 10.1. The number of nitrogens with two attached hydrogens (primary N) is 1. The van der Waals surface area contributed by atoms with Gasteiger partial charge in [0, 0.05) is 12.1 Å². The van der Waals surface area contributed by atoms with Crippen LogP contribution in [-0.4, -0.2) is 18.0 Å². The number of nitrogens with one attached hydrogen (secondary N) is 1. The average Bonchev–Trinajstić information content (AvgIpc) is 2.37. The van der Waals surface area contributed by atoms with Crippen LogP contribution in [0.15, 0.2) is 24.3 Å². The minimum absolute atomic E-state index is 0.143. The van der Waals surface area contributed by atoms with Crippen molar-refractivity contribution in [3.8, 4) is 5.75 Å². The molecule has 0 spiro atoms. The molecule has 0 aliphatic carbocycles. The molecule has 1 atom stereocenters. The van der Waals surface area contributed by atoms with E-state index in [0.29, 0.717) is 13.0 Å². The third-order valence-electron chi connectivity index (χ3n) is 2.71. The summed E-state index contributed by atoms with van der Waals surface area (Å²) in [4.78, 5) is 12.1. The normalized spacial score (nSPS) is 11.7. The molecule has 0 aromatic heterocycles. The Kier molecular flexibility index (Phi) is 5.58. The molecule has 0 radical (unpaired) electrons. The highest BCUT2D eigenvalue weighted by molar-refractivity contribution is 7.80. The van der Waals surface area contributed by atoms with Gasteiger partial charge in [-0.2, -0.15) is 0 Å². The van der Waals surface area contributed by atoms with Crippen molar-refractivity contribution in [2.24, 2.45) is 11.7 Å². The summed E-state index contributed by atoms with van der Waals surface area (Å²) in [5.74, 6) is 0.201. The molecule has 0 aliphatic heterocycles. The average molecular weight is 266 g/mol. The maximum absolute atomic E-state index is 11.9. The summed E-state index contributed by atoms with van der Waals surface area (Å²) < 4.78 is 5.21. The Morgan fingerprint density at radius 3 is 2.72 bits per heavy atom. The zero-order valence-corrected chi connectivity index (χ0v) is 11.4. The minimum Gasteiger partial charge on any atom is -0.496 e. The van der Waals surface area contributed by atoms with Crippen molar-refractivity contribution in [3.05, 3.63) is 29.8 Å². The van der Waals surface area contributed by atoms with Crippen LogP contribution in [0.25, 0.3) is 0 Å². The van der Waals surface area contributed by atoms with E-state index in [0.717, 1.165) is 11.3 Å². The van der Waals surface area contributed by atoms with E-state index in [1.807, 2.05) is 31.2 Å². The fourth-order valence-corrected chi connectivity index (χ4v) is 1.94. The largest absolute Gasteiger partial charge is 0.496 e. The third kappa shape index (κ3) is 3.70. The molecular weight excluding hydrogens is 248 g/mol. The number of carbonyl (C=O) groups excluding carboxylic acids is 1. The molecule has 0 saturated carbocycles. The molecule has 0 bridgehead atoms. The van der Waals surface area contributed by atoms with Crippen molar-refractivity contribution in [1.29, 1.82) is 0 Å². The van der Waals surface area contributed by atoms with Crippen molar-refractivity contribution < 1.29 is 9.53 Å². The molecule has 1 unspecified atom stereocenters. The number of hydrogen-bond donors (Lipinski definition) is 2. The summed E-state index contributed by atoms with van der Waals surface area (Å²) in [5, 5.41) is 2.82. The van der Waals surface area contributed by atoms with E-state index in [1.54, 1.807) is 7.11 Å². The maximum Gasteiger partial charge on any atom is 0.230 e. The van der Waals surface area contributed by atoms with Crippen molar-refractivity contribution in [1.82, 2.24) is 5.32 Å². The van der Waals surface area contributed by atoms with Crippen molar-refractivity contribution in [3.63, 3.8) is 0 Å². The maximum atomic E-state index is 11.9. The second-order valence-electron chi connectivity index (χ2n) is 3.89. The quantitative estimate of drug-likeness (QED) is 0.768. The summed E-state index contributed by atoms with van der Waals surface area (Å²) in [5.41, 5.74) is 6.44. The van der Waals surface area contributed by atoms with E-state index in [1.165, 1.54) is 0 Å². The van der Waals surface area contributed by atoms with Crippen molar-refractivity contribution in [2.75, 3.05) is 7.11 Å². The highest BCUT2D eigenvalue weighted by Gasteiger charge is 2.18. The number of hydrogen-bond acceptors (Lipinski definition) is 3. The van der Waals surface area contributed by atoms with Gasteiger partial charge in [-0.1, -0.05) is 37.3 Å². The van der Waals surface area contributed by atoms with Crippen LogP contribution in [0.5, 0.6) is 5.75 Å². The van der Waals surface area contributed by atoms with Gasteiger partial charge in [-0.3, -0.25) is 4.79 Å². The van der Waals surface area contributed by atoms with Crippen LogP contribution in [0.2, 0.25) is 0 Å². The zero-order valence-electron chi connectivity index (χ0n) is 10.6. The van der Waals surface area contributed by atoms with Crippen molar-refractivity contribution in [2.45, 2.75) is 19.9 Å². The van der Waals surface area contributed by atoms with Crippen LogP contribution in [-0.2, 0) is 11.3 Å². The van der Waals surface area contributed by atoms with E-state index >= 15 is 0 Å². The fraction of sp³-hybridized carbons (Fsp3) is 0.385. The molecular formula is C13H18N2O2S. The SMILES string of the molecule is CCC(C(=O)NCc1ccccc1OC)C(N)=S. The summed E-state index contributed by atoms with van der Waals surface area (Å²) in [6.45, 7) is 2.29. The number of methoxy groups -OCH3 is 1. The minimum atomic E-state index is -0.408. The molecule has 1 amide bonds. The highest BCUT2D eigenvalue weighted by atomic mass is 32.1. The van der Waals surface area contributed by atoms with Gasteiger partial charge in [0.05, 0.1) is 18.0 Å². The monoisotopic (exact) mass is 266 g/mol.